The van der Waals surface area contributed by atoms with Crippen LogP contribution in [0.1, 0.15) is 27.2 Å². The average molecular weight is 142 g/mol. The van der Waals surface area contributed by atoms with Gasteiger partial charge >= 0.3 is 0 Å². The normalized spacial score (nSPS) is 27.6. The van der Waals surface area contributed by atoms with Gasteiger partial charge in [0, 0.05) is 24.7 Å². The fourth-order valence-electron chi connectivity index (χ4n) is 1.45. The van der Waals surface area contributed by atoms with Crippen molar-refractivity contribution in [2.24, 2.45) is 5.73 Å². The molecular weight excluding hydrogens is 124 g/mol. The van der Waals surface area contributed by atoms with Crippen LogP contribution in [0.5, 0.6) is 0 Å². The Morgan fingerprint density at radius 1 is 1.60 bits per heavy atom. The van der Waals surface area contributed by atoms with Crippen molar-refractivity contribution in [3.63, 3.8) is 0 Å². The number of nitrogens with two attached hydrogens (primary N) is 1. The summed E-state index contributed by atoms with van der Waals surface area (Å²) in [7, 11) is 0. The van der Waals surface area contributed by atoms with Crippen molar-refractivity contribution in [2.75, 3.05) is 13.1 Å². The molecule has 1 rings (SSSR count). The van der Waals surface area contributed by atoms with Gasteiger partial charge in [0.1, 0.15) is 0 Å². The Hall–Kier alpha value is -0.0800. The van der Waals surface area contributed by atoms with E-state index in [2.05, 4.69) is 25.7 Å². The van der Waals surface area contributed by atoms with E-state index >= 15 is 0 Å². The SMILES string of the molecule is CCC(C)N1CC(C)(N)C1. The Bertz CT molecular complexity index is 112. The van der Waals surface area contributed by atoms with Crippen LogP contribution in [-0.4, -0.2) is 29.6 Å². The largest absolute Gasteiger partial charge is 0.323 e. The van der Waals surface area contributed by atoms with Crippen LogP contribution in [0.3, 0.4) is 0 Å². The molecule has 2 nitrogen and oxygen atoms in total. The van der Waals surface area contributed by atoms with Crippen molar-refractivity contribution in [1.82, 2.24) is 4.90 Å². The van der Waals surface area contributed by atoms with Crippen LogP contribution < -0.4 is 5.73 Å². The third-order valence-corrected chi connectivity index (χ3v) is 2.34. The van der Waals surface area contributed by atoms with Crippen molar-refractivity contribution in [2.45, 2.75) is 38.8 Å². The van der Waals surface area contributed by atoms with E-state index in [0.717, 1.165) is 19.1 Å². The van der Waals surface area contributed by atoms with E-state index < -0.39 is 0 Å². The van der Waals surface area contributed by atoms with E-state index in [0.29, 0.717) is 0 Å². The highest BCUT2D eigenvalue weighted by Crippen LogP contribution is 2.20. The van der Waals surface area contributed by atoms with Gasteiger partial charge in [-0.3, -0.25) is 4.90 Å². The summed E-state index contributed by atoms with van der Waals surface area (Å²) in [6.45, 7) is 8.74. The Labute approximate surface area is 63.4 Å². The lowest BCUT2D eigenvalue weighted by Crippen LogP contribution is -2.67. The Morgan fingerprint density at radius 3 is 2.40 bits per heavy atom. The summed E-state index contributed by atoms with van der Waals surface area (Å²) in [6.07, 6.45) is 1.23. The standard InChI is InChI=1S/C8H18N2/c1-4-7(2)10-5-8(3,9)6-10/h7H,4-6,9H2,1-3H3. The molecule has 10 heavy (non-hydrogen) atoms. The number of likely N-dealkylation sites (tertiary alicyclic amines) is 1. The average Bonchev–Trinajstić information content (AvgIpc) is 1.81. The fraction of sp³-hybridized carbons (Fsp3) is 1.00. The summed E-state index contributed by atoms with van der Waals surface area (Å²) in [4.78, 5) is 2.43. The van der Waals surface area contributed by atoms with Crippen molar-refractivity contribution in [1.29, 1.82) is 0 Å². The molecule has 0 amide bonds. The van der Waals surface area contributed by atoms with Crippen LogP contribution in [0, 0.1) is 0 Å². The van der Waals surface area contributed by atoms with Gasteiger partial charge in [-0.1, -0.05) is 6.92 Å². The third-order valence-electron chi connectivity index (χ3n) is 2.34. The summed E-state index contributed by atoms with van der Waals surface area (Å²) in [5.74, 6) is 0. The second-order valence-electron chi connectivity index (χ2n) is 3.82. The topological polar surface area (TPSA) is 29.3 Å². The highest BCUT2D eigenvalue weighted by molar-refractivity contribution is 4.97. The van der Waals surface area contributed by atoms with E-state index in [1.54, 1.807) is 0 Å². The van der Waals surface area contributed by atoms with Gasteiger partial charge < -0.3 is 5.73 Å². The summed E-state index contributed by atoms with van der Waals surface area (Å²) >= 11 is 0. The van der Waals surface area contributed by atoms with Crippen molar-refractivity contribution in [3.05, 3.63) is 0 Å². The smallest absolute Gasteiger partial charge is 0.0384 e. The maximum absolute atomic E-state index is 5.86. The predicted molar refractivity (Wildman–Crippen MR) is 43.9 cm³/mol. The van der Waals surface area contributed by atoms with E-state index in [9.17, 15) is 0 Å². The van der Waals surface area contributed by atoms with Crippen LogP contribution in [0.4, 0.5) is 0 Å². The zero-order valence-corrected chi connectivity index (χ0v) is 7.22. The summed E-state index contributed by atoms with van der Waals surface area (Å²) in [6, 6.07) is 0.719. The first kappa shape index (κ1) is 8.02. The quantitative estimate of drug-likeness (QED) is 0.618. The third kappa shape index (κ3) is 1.50. The van der Waals surface area contributed by atoms with Crippen molar-refractivity contribution < 1.29 is 0 Å². The van der Waals surface area contributed by atoms with Crippen LogP contribution in [-0.2, 0) is 0 Å². The molecule has 60 valence electrons. The van der Waals surface area contributed by atoms with Gasteiger partial charge in [0.25, 0.3) is 0 Å². The lowest BCUT2D eigenvalue weighted by molar-refractivity contribution is 0.0452. The molecule has 1 heterocycles. The monoisotopic (exact) mass is 142 g/mol. The molecular formula is C8H18N2. The second kappa shape index (κ2) is 2.51. The van der Waals surface area contributed by atoms with Crippen LogP contribution in [0.15, 0.2) is 0 Å². The van der Waals surface area contributed by atoms with Gasteiger partial charge in [0.2, 0.25) is 0 Å². The predicted octanol–water partition coefficient (Wildman–Crippen LogP) is 0.818. The number of hydrogen-bond donors (Lipinski definition) is 1. The number of hydrogen-bond acceptors (Lipinski definition) is 2. The Morgan fingerprint density at radius 2 is 2.10 bits per heavy atom. The lowest BCUT2D eigenvalue weighted by Gasteiger charge is -2.48. The van der Waals surface area contributed by atoms with Crippen LogP contribution in [0.2, 0.25) is 0 Å². The lowest BCUT2D eigenvalue weighted by atomic mass is 9.91. The molecule has 0 aliphatic carbocycles. The molecule has 0 saturated carbocycles. The zero-order chi connectivity index (χ0) is 7.78. The first-order valence-corrected chi connectivity index (χ1v) is 4.08. The maximum atomic E-state index is 5.86. The van der Waals surface area contributed by atoms with Crippen molar-refractivity contribution in [3.8, 4) is 0 Å². The molecule has 1 aliphatic rings. The second-order valence-corrected chi connectivity index (χ2v) is 3.82. The van der Waals surface area contributed by atoms with Crippen LogP contribution >= 0.6 is 0 Å². The molecule has 0 spiro atoms. The van der Waals surface area contributed by atoms with Gasteiger partial charge in [-0.2, -0.15) is 0 Å². The highest BCUT2D eigenvalue weighted by Gasteiger charge is 2.36. The molecule has 2 N–H and O–H groups in total. The van der Waals surface area contributed by atoms with E-state index in [-0.39, 0.29) is 5.54 Å². The molecule has 2 heteroatoms. The molecule has 0 radical (unpaired) electrons. The molecule has 1 saturated heterocycles. The zero-order valence-electron chi connectivity index (χ0n) is 7.22. The summed E-state index contributed by atoms with van der Waals surface area (Å²) in [5.41, 5.74) is 5.96. The van der Waals surface area contributed by atoms with E-state index in [1.165, 1.54) is 6.42 Å². The first-order valence-electron chi connectivity index (χ1n) is 4.08. The summed E-state index contributed by atoms with van der Waals surface area (Å²) in [5, 5.41) is 0. The number of nitrogens with zero attached hydrogens (tertiary/aromatic N) is 1. The minimum Gasteiger partial charge on any atom is -0.323 e. The molecule has 0 aromatic carbocycles. The molecule has 1 fully saturated rings. The molecule has 1 atom stereocenters. The Balaban J connectivity index is 2.26. The van der Waals surface area contributed by atoms with Gasteiger partial charge in [-0.15, -0.1) is 0 Å². The first-order chi connectivity index (χ1) is 4.55. The minimum absolute atomic E-state index is 0.101. The minimum atomic E-state index is 0.101. The van der Waals surface area contributed by atoms with Gasteiger partial charge in [0.05, 0.1) is 0 Å². The van der Waals surface area contributed by atoms with Crippen molar-refractivity contribution >= 4 is 0 Å². The molecule has 0 aromatic heterocycles. The van der Waals surface area contributed by atoms with Crippen LogP contribution in [0.25, 0.3) is 0 Å². The van der Waals surface area contributed by atoms with Gasteiger partial charge in [-0.25, -0.2) is 0 Å². The van der Waals surface area contributed by atoms with E-state index in [4.69, 9.17) is 5.73 Å². The van der Waals surface area contributed by atoms with E-state index in [1.807, 2.05) is 0 Å². The van der Waals surface area contributed by atoms with Gasteiger partial charge in [0.15, 0.2) is 0 Å². The molecule has 1 unspecified atom stereocenters. The fourth-order valence-corrected chi connectivity index (χ4v) is 1.45. The molecule has 1 aliphatic heterocycles. The summed E-state index contributed by atoms with van der Waals surface area (Å²) < 4.78 is 0. The molecule has 0 aromatic rings. The highest BCUT2D eigenvalue weighted by atomic mass is 15.3. The molecule has 0 bridgehead atoms. The number of rotatable bonds is 2. The maximum Gasteiger partial charge on any atom is 0.0384 e. The van der Waals surface area contributed by atoms with Gasteiger partial charge in [-0.05, 0) is 20.3 Å². The Kier molecular flexibility index (Phi) is 2.02.